The van der Waals surface area contributed by atoms with Gasteiger partial charge in [-0.2, -0.15) is 5.26 Å². The summed E-state index contributed by atoms with van der Waals surface area (Å²) < 4.78 is 1.08. The van der Waals surface area contributed by atoms with Crippen LogP contribution in [-0.4, -0.2) is 38.1 Å². The van der Waals surface area contributed by atoms with E-state index < -0.39 is 0 Å². The summed E-state index contributed by atoms with van der Waals surface area (Å²) in [5.74, 6) is -0.0912. The van der Waals surface area contributed by atoms with Crippen molar-refractivity contribution in [2.24, 2.45) is 0 Å². The molecule has 0 fully saturated rings. The number of fused-ring (bicyclic) bond motifs is 1. The van der Waals surface area contributed by atoms with Crippen LogP contribution in [0.4, 0.5) is 5.13 Å². The molecule has 0 spiro atoms. The average molecular weight is 365 g/mol. The molecule has 1 aromatic heterocycles. The molecule has 1 heterocycles. The molecule has 0 aliphatic carbocycles. The quantitative estimate of drug-likeness (QED) is 0.754. The highest BCUT2D eigenvalue weighted by Gasteiger charge is 2.22. The number of hydrogen-bond donors (Lipinski definition) is 1. The number of nitrogens with zero attached hydrogens (tertiary/aromatic N) is 3. The third-order valence-corrected chi connectivity index (χ3v) is 5.15. The second-order valence-corrected chi connectivity index (χ2v) is 7.58. The van der Waals surface area contributed by atoms with Gasteiger partial charge in [0.25, 0.3) is 5.91 Å². The molecule has 0 saturated heterocycles. The molecular weight excluding hydrogens is 344 g/mol. The van der Waals surface area contributed by atoms with Gasteiger partial charge in [0.15, 0.2) is 5.13 Å². The van der Waals surface area contributed by atoms with Crippen LogP contribution in [0.3, 0.4) is 0 Å². The second kappa shape index (κ2) is 7.65. The number of rotatable bonds is 5. The molecule has 3 rings (SSSR count). The Morgan fingerprint density at radius 2 is 1.96 bits per heavy atom. The van der Waals surface area contributed by atoms with Gasteiger partial charge in [-0.05, 0) is 48.9 Å². The van der Waals surface area contributed by atoms with Crippen molar-refractivity contribution in [1.82, 2.24) is 4.98 Å². The van der Waals surface area contributed by atoms with Gasteiger partial charge < -0.3 is 4.90 Å². The van der Waals surface area contributed by atoms with Crippen LogP contribution >= 0.6 is 11.3 Å². The van der Waals surface area contributed by atoms with Gasteiger partial charge in [0.1, 0.15) is 0 Å². The molecule has 0 bridgehead atoms. The summed E-state index contributed by atoms with van der Waals surface area (Å²) in [4.78, 5) is 20.8. The molecule has 1 amide bonds. The number of nitriles is 1. The van der Waals surface area contributed by atoms with Crippen LogP contribution in [0.2, 0.25) is 0 Å². The van der Waals surface area contributed by atoms with Gasteiger partial charge in [0.05, 0.1) is 49.0 Å². The third-order valence-electron chi connectivity index (χ3n) is 4.11. The minimum atomic E-state index is -0.0912. The van der Waals surface area contributed by atoms with Gasteiger partial charge in [0, 0.05) is 5.56 Å². The van der Waals surface area contributed by atoms with E-state index in [2.05, 4.69) is 31.2 Å². The van der Waals surface area contributed by atoms with E-state index in [0.717, 1.165) is 16.8 Å². The number of carbonyl (C=O) groups is 1. The first-order valence-electron chi connectivity index (χ1n) is 8.46. The van der Waals surface area contributed by atoms with Gasteiger partial charge in [-0.15, -0.1) is 0 Å². The topological polar surface area (TPSA) is 61.4 Å². The van der Waals surface area contributed by atoms with Crippen LogP contribution in [0, 0.1) is 18.3 Å². The number of carbonyl (C=O) groups excluding carboxylic acids is 1. The predicted octanol–water partition coefficient (Wildman–Crippen LogP) is 2.27. The van der Waals surface area contributed by atoms with Gasteiger partial charge in [-0.25, -0.2) is 4.98 Å². The van der Waals surface area contributed by atoms with Crippen LogP contribution in [0.25, 0.3) is 10.2 Å². The van der Waals surface area contributed by atoms with Crippen molar-refractivity contribution in [1.29, 1.82) is 5.26 Å². The zero-order valence-electron chi connectivity index (χ0n) is 15.1. The molecule has 0 aliphatic rings. The maximum absolute atomic E-state index is 13.1. The molecule has 6 heteroatoms. The summed E-state index contributed by atoms with van der Waals surface area (Å²) >= 11 is 1.53. The number of quaternary nitrogens is 1. The molecule has 0 aliphatic heterocycles. The van der Waals surface area contributed by atoms with Crippen molar-refractivity contribution in [3.63, 3.8) is 0 Å². The van der Waals surface area contributed by atoms with Crippen LogP contribution < -0.4 is 9.80 Å². The van der Waals surface area contributed by atoms with Crippen molar-refractivity contribution in [2.45, 2.75) is 6.92 Å². The molecule has 2 aromatic carbocycles. The maximum Gasteiger partial charge on any atom is 0.260 e. The fraction of sp³-hybridized carbons (Fsp3) is 0.250. The van der Waals surface area contributed by atoms with Gasteiger partial charge in [-0.3, -0.25) is 9.69 Å². The molecule has 0 atom stereocenters. The lowest BCUT2D eigenvalue weighted by molar-refractivity contribution is -0.856. The molecule has 1 N–H and O–H groups in total. The predicted molar refractivity (Wildman–Crippen MR) is 105 cm³/mol. The number of anilines is 1. The number of aromatic nitrogens is 1. The van der Waals surface area contributed by atoms with E-state index in [4.69, 9.17) is 5.26 Å². The van der Waals surface area contributed by atoms with Crippen molar-refractivity contribution in [3.8, 4) is 6.07 Å². The molecule has 26 heavy (non-hydrogen) atoms. The number of aryl methyl sites for hydroxylation is 1. The molecule has 0 radical (unpaired) electrons. The highest BCUT2D eigenvalue weighted by molar-refractivity contribution is 7.22. The number of hydrogen-bond acceptors (Lipinski definition) is 4. The van der Waals surface area contributed by atoms with Crippen LogP contribution in [-0.2, 0) is 0 Å². The third kappa shape index (κ3) is 3.90. The Kier molecular flexibility index (Phi) is 5.31. The monoisotopic (exact) mass is 365 g/mol. The smallest absolute Gasteiger partial charge is 0.260 e. The number of thiazole rings is 1. The molecular formula is C20H21N4OS+. The molecule has 0 unspecified atom stereocenters. The Morgan fingerprint density at radius 3 is 2.62 bits per heavy atom. The fourth-order valence-electron chi connectivity index (χ4n) is 2.60. The van der Waals surface area contributed by atoms with Crippen molar-refractivity contribution in [2.75, 3.05) is 32.1 Å². The standard InChI is InChI=1S/C20H20N4OS/c1-14-4-9-17-18(12-14)26-20(22-17)24(11-10-23(2)3)19(25)16-7-5-15(13-21)6-8-16/h4-9,12H,10-11H2,1-3H3/p+1. The Labute approximate surface area is 157 Å². The number of likely N-dealkylation sites (N-methyl/N-ethyl adjacent to an activating group) is 1. The van der Waals surface area contributed by atoms with Gasteiger partial charge in [0.2, 0.25) is 0 Å². The van der Waals surface area contributed by atoms with Crippen molar-refractivity contribution < 1.29 is 9.69 Å². The Bertz CT molecular complexity index is 970. The van der Waals surface area contributed by atoms with Crippen LogP contribution in [0.15, 0.2) is 42.5 Å². The normalized spacial score (nSPS) is 10.9. The van der Waals surface area contributed by atoms with E-state index in [1.807, 2.05) is 19.1 Å². The summed E-state index contributed by atoms with van der Waals surface area (Å²) in [5.41, 5.74) is 3.19. The lowest BCUT2D eigenvalue weighted by Crippen LogP contribution is -3.06. The first-order chi connectivity index (χ1) is 12.5. The second-order valence-electron chi connectivity index (χ2n) is 6.57. The van der Waals surface area contributed by atoms with E-state index >= 15 is 0 Å². The average Bonchev–Trinajstić information content (AvgIpc) is 3.04. The van der Waals surface area contributed by atoms with Gasteiger partial charge >= 0.3 is 0 Å². The number of benzene rings is 2. The summed E-state index contributed by atoms with van der Waals surface area (Å²) in [5, 5.41) is 9.66. The Morgan fingerprint density at radius 1 is 1.23 bits per heavy atom. The highest BCUT2D eigenvalue weighted by Crippen LogP contribution is 2.30. The molecule has 0 saturated carbocycles. The summed E-state index contributed by atoms with van der Waals surface area (Å²) in [6, 6.07) is 14.9. The SMILES string of the molecule is Cc1ccc2nc(N(CC[NH+](C)C)C(=O)c3ccc(C#N)cc3)sc2c1. The van der Waals surface area contributed by atoms with Gasteiger partial charge in [-0.1, -0.05) is 17.4 Å². The lowest BCUT2D eigenvalue weighted by Gasteiger charge is -2.20. The minimum Gasteiger partial charge on any atom is -0.338 e. The van der Waals surface area contributed by atoms with E-state index in [1.165, 1.54) is 21.8 Å². The molecule has 132 valence electrons. The van der Waals surface area contributed by atoms with E-state index in [1.54, 1.807) is 29.2 Å². The first-order valence-corrected chi connectivity index (χ1v) is 9.28. The number of nitrogens with one attached hydrogen (secondary N) is 1. The van der Waals surface area contributed by atoms with E-state index in [0.29, 0.717) is 22.8 Å². The summed E-state index contributed by atoms with van der Waals surface area (Å²) in [7, 11) is 4.12. The van der Waals surface area contributed by atoms with E-state index in [9.17, 15) is 4.79 Å². The zero-order valence-corrected chi connectivity index (χ0v) is 15.9. The summed E-state index contributed by atoms with van der Waals surface area (Å²) in [6.07, 6.45) is 0. The Hall–Kier alpha value is -2.75. The van der Waals surface area contributed by atoms with Crippen molar-refractivity contribution >= 4 is 32.6 Å². The van der Waals surface area contributed by atoms with E-state index in [-0.39, 0.29) is 5.91 Å². The zero-order chi connectivity index (χ0) is 18.7. The number of amides is 1. The first kappa shape index (κ1) is 18.1. The highest BCUT2D eigenvalue weighted by atomic mass is 32.1. The largest absolute Gasteiger partial charge is 0.338 e. The fourth-order valence-corrected chi connectivity index (χ4v) is 3.69. The minimum absolute atomic E-state index is 0.0912. The van der Waals surface area contributed by atoms with Crippen LogP contribution in [0.5, 0.6) is 0 Å². The molecule has 3 aromatic rings. The van der Waals surface area contributed by atoms with Crippen LogP contribution in [0.1, 0.15) is 21.5 Å². The lowest BCUT2D eigenvalue weighted by atomic mass is 10.1. The molecule has 5 nitrogen and oxygen atoms in total. The maximum atomic E-state index is 13.1. The van der Waals surface area contributed by atoms with Crippen molar-refractivity contribution in [3.05, 3.63) is 59.2 Å². The summed E-state index contributed by atoms with van der Waals surface area (Å²) in [6.45, 7) is 3.45. The Balaban J connectivity index is 1.97.